The van der Waals surface area contributed by atoms with Crippen LogP contribution in [0.3, 0.4) is 0 Å². The SMILES string of the molecule is CC(=O)c1nn(CC=O)c2ccc(OCC3=NCC=CN3)cc12. The molecule has 0 radical (unpaired) electrons. The zero-order valence-corrected chi connectivity index (χ0v) is 12.7. The molecule has 0 saturated heterocycles. The van der Waals surface area contributed by atoms with Gasteiger partial charge in [-0.1, -0.05) is 0 Å². The van der Waals surface area contributed by atoms with Crippen molar-refractivity contribution in [2.45, 2.75) is 13.5 Å². The topological polar surface area (TPSA) is 85.6 Å². The van der Waals surface area contributed by atoms with Crippen molar-refractivity contribution in [2.75, 3.05) is 13.2 Å². The Labute approximate surface area is 132 Å². The van der Waals surface area contributed by atoms with E-state index in [1.165, 1.54) is 11.6 Å². The lowest BCUT2D eigenvalue weighted by atomic mass is 10.1. The fraction of sp³-hybridized carbons (Fsp3) is 0.250. The molecule has 0 fully saturated rings. The van der Waals surface area contributed by atoms with Crippen LogP contribution in [0, 0.1) is 0 Å². The van der Waals surface area contributed by atoms with E-state index in [0.29, 0.717) is 30.0 Å². The van der Waals surface area contributed by atoms with Crippen LogP contribution < -0.4 is 10.1 Å². The van der Waals surface area contributed by atoms with Crippen LogP contribution in [0.15, 0.2) is 35.5 Å². The van der Waals surface area contributed by atoms with E-state index >= 15 is 0 Å². The molecular weight excluding hydrogens is 296 g/mol. The number of ketones is 1. The summed E-state index contributed by atoms with van der Waals surface area (Å²) < 4.78 is 7.23. The molecule has 0 atom stereocenters. The van der Waals surface area contributed by atoms with Gasteiger partial charge in [0.15, 0.2) is 5.78 Å². The van der Waals surface area contributed by atoms with Gasteiger partial charge in [0.1, 0.15) is 30.2 Å². The van der Waals surface area contributed by atoms with E-state index in [-0.39, 0.29) is 12.3 Å². The van der Waals surface area contributed by atoms with E-state index in [2.05, 4.69) is 15.4 Å². The van der Waals surface area contributed by atoms with E-state index in [9.17, 15) is 9.59 Å². The molecule has 0 saturated carbocycles. The van der Waals surface area contributed by atoms with E-state index < -0.39 is 0 Å². The molecular formula is C16H16N4O3. The molecule has 7 nitrogen and oxygen atoms in total. The number of carbonyl (C=O) groups is 2. The summed E-state index contributed by atoms with van der Waals surface area (Å²) >= 11 is 0. The maximum atomic E-state index is 11.8. The maximum absolute atomic E-state index is 11.8. The molecule has 1 aromatic heterocycles. The molecule has 1 aliphatic heterocycles. The van der Waals surface area contributed by atoms with Crippen LogP contribution >= 0.6 is 0 Å². The summed E-state index contributed by atoms with van der Waals surface area (Å²) in [7, 11) is 0. The lowest BCUT2D eigenvalue weighted by Crippen LogP contribution is -2.27. The fourth-order valence-electron chi connectivity index (χ4n) is 2.37. The molecule has 0 amide bonds. The molecule has 2 aromatic rings. The summed E-state index contributed by atoms with van der Waals surface area (Å²) in [5.41, 5.74) is 1.06. The number of aromatic nitrogens is 2. The summed E-state index contributed by atoms with van der Waals surface area (Å²) in [5, 5.41) is 7.89. The molecule has 0 bridgehead atoms. The molecule has 0 aliphatic carbocycles. The third kappa shape index (κ3) is 3.13. The van der Waals surface area contributed by atoms with Crippen LogP contribution in [-0.2, 0) is 11.3 Å². The van der Waals surface area contributed by atoms with Gasteiger partial charge in [-0.15, -0.1) is 0 Å². The minimum atomic E-state index is -0.153. The average Bonchev–Trinajstić information content (AvgIpc) is 2.93. The van der Waals surface area contributed by atoms with Crippen molar-refractivity contribution in [3.05, 3.63) is 36.2 Å². The Bertz CT molecular complexity index is 820. The minimum Gasteiger partial charge on any atom is -0.486 e. The first kappa shape index (κ1) is 15.0. The number of nitrogens with zero attached hydrogens (tertiary/aromatic N) is 3. The second kappa shape index (κ2) is 6.43. The lowest BCUT2D eigenvalue weighted by molar-refractivity contribution is -0.108. The Hall–Kier alpha value is -2.96. The Morgan fingerprint density at radius 1 is 1.48 bits per heavy atom. The zero-order chi connectivity index (χ0) is 16.2. The number of fused-ring (bicyclic) bond motifs is 1. The van der Waals surface area contributed by atoms with Crippen molar-refractivity contribution in [2.24, 2.45) is 4.99 Å². The van der Waals surface area contributed by atoms with Gasteiger partial charge in [-0.3, -0.25) is 14.5 Å². The van der Waals surface area contributed by atoms with E-state index in [4.69, 9.17) is 4.74 Å². The first-order valence-electron chi connectivity index (χ1n) is 7.22. The van der Waals surface area contributed by atoms with Gasteiger partial charge >= 0.3 is 0 Å². The highest BCUT2D eigenvalue weighted by Gasteiger charge is 2.15. The van der Waals surface area contributed by atoms with Gasteiger partial charge in [-0.25, -0.2) is 0 Å². The third-order valence-electron chi connectivity index (χ3n) is 3.43. The lowest BCUT2D eigenvalue weighted by Gasteiger charge is -2.11. The normalized spacial score (nSPS) is 13.5. The Balaban J connectivity index is 1.88. The van der Waals surface area contributed by atoms with Crippen LogP contribution in [0.2, 0.25) is 0 Å². The van der Waals surface area contributed by atoms with E-state index in [1.54, 1.807) is 18.2 Å². The number of carbonyl (C=O) groups excluding carboxylic acids is 2. The van der Waals surface area contributed by atoms with Gasteiger partial charge in [-0.2, -0.15) is 5.10 Å². The van der Waals surface area contributed by atoms with Gasteiger partial charge in [0.2, 0.25) is 0 Å². The van der Waals surface area contributed by atoms with Crippen molar-refractivity contribution in [3.63, 3.8) is 0 Å². The quantitative estimate of drug-likeness (QED) is 0.642. The average molecular weight is 312 g/mol. The van der Waals surface area contributed by atoms with Crippen LogP contribution in [0.25, 0.3) is 10.9 Å². The van der Waals surface area contributed by atoms with Gasteiger partial charge in [0.05, 0.1) is 18.6 Å². The summed E-state index contributed by atoms with van der Waals surface area (Å²) in [6, 6.07) is 5.34. The van der Waals surface area contributed by atoms with Crippen molar-refractivity contribution in [1.29, 1.82) is 0 Å². The smallest absolute Gasteiger partial charge is 0.180 e. The van der Waals surface area contributed by atoms with Crippen molar-refractivity contribution in [3.8, 4) is 5.75 Å². The number of nitrogens with one attached hydrogen (secondary N) is 1. The van der Waals surface area contributed by atoms with Gasteiger partial charge in [-0.05, 0) is 24.3 Å². The number of aldehydes is 1. The number of hydrogen-bond donors (Lipinski definition) is 1. The van der Waals surface area contributed by atoms with Gasteiger partial charge in [0, 0.05) is 18.5 Å². The summed E-state index contributed by atoms with van der Waals surface area (Å²) in [5.74, 6) is 1.21. The number of Topliss-reactive ketones (excluding diaryl/α,β-unsaturated/α-hetero) is 1. The molecule has 1 N–H and O–H groups in total. The summed E-state index contributed by atoms with van der Waals surface area (Å²) in [6.45, 7) is 2.51. The molecule has 0 unspecified atom stereocenters. The predicted octanol–water partition coefficient (Wildman–Crippen LogP) is 1.33. The van der Waals surface area contributed by atoms with Gasteiger partial charge in [0.25, 0.3) is 0 Å². The largest absolute Gasteiger partial charge is 0.486 e. The molecule has 0 spiro atoms. The Kier molecular flexibility index (Phi) is 4.18. The maximum Gasteiger partial charge on any atom is 0.180 e. The first-order valence-corrected chi connectivity index (χ1v) is 7.22. The third-order valence-corrected chi connectivity index (χ3v) is 3.43. The highest BCUT2D eigenvalue weighted by molar-refractivity contribution is 6.05. The monoisotopic (exact) mass is 312 g/mol. The van der Waals surface area contributed by atoms with Crippen LogP contribution in [-0.4, -0.2) is 40.8 Å². The fourth-order valence-corrected chi connectivity index (χ4v) is 2.37. The summed E-state index contributed by atoms with van der Waals surface area (Å²) in [4.78, 5) is 26.8. The number of hydrogen-bond acceptors (Lipinski definition) is 6. The number of rotatable bonds is 6. The molecule has 1 aromatic carbocycles. The van der Waals surface area contributed by atoms with E-state index in [1.807, 2.05) is 12.3 Å². The van der Waals surface area contributed by atoms with Crippen molar-refractivity contribution in [1.82, 2.24) is 15.1 Å². The van der Waals surface area contributed by atoms with Gasteiger partial charge < -0.3 is 14.8 Å². The first-order chi connectivity index (χ1) is 11.2. The second-order valence-electron chi connectivity index (χ2n) is 5.06. The molecule has 118 valence electrons. The van der Waals surface area contributed by atoms with Crippen molar-refractivity contribution < 1.29 is 14.3 Å². The number of ether oxygens (including phenoxy) is 1. The van der Waals surface area contributed by atoms with Crippen LogP contribution in [0.4, 0.5) is 0 Å². The minimum absolute atomic E-state index is 0.108. The highest BCUT2D eigenvalue weighted by atomic mass is 16.5. The highest BCUT2D eigenvalue weighted by Crippen LogP contribution is 2.24. The van der Waals surface area contributed by atoms with Crippen molar-refractivity contribution >= 4 is 28.8 Å². The summed E-state index contributed by atoms with van der Waals surface area (Å²) in [6.07, 6.45) is 4.49. The number of benzene rings is 1. The number of amidine groups is 1. The number of aliphatic imine (C=N–C) groups is 1. The Morgan fingerprint density at radius 3 is 3.04 bits per heavy atom. The second-order valence-corrected chi connectivity index (χ2v) is 5.06. The molecule has 2 heterocycles. The Morgan fingerprint density at radius 2 is 2.35 bits per heavy atom. The molecule has 23 heavy (non-hydrogen) atoms. The van der Waals surface area contributed by atoms with Crippen LogP contribution in [0.5, 0.6) is 5.75 Å². The predicted molar refractivity (Wildman–Crippen MR) is 85.9 cm³/mol. The molecule has 7 heteroatoms. The standard InChI is InChI=1S/C16H16N4O3/c1-11(22)16-13-9-12(23-10-15-17-5-2-6-18-15)3-4-14(13)20(19-16)7-8-21/h2-5,8-9H,6-7,10H2,1H3,(H,17,18). The van der Waals surface area contributed by atoms with E-state index in [0.717, 1.165) is 17.6 Å². The molecule has 3 rings (SSSR count). The van der Waals surface area contributed by atoms with Crippen LogP contribution in [0.1, 0.15) is 17.4 Å². The molecule has 1 aliphatic rings. The zero-order valence-electron chi connectivity index (χ0n) is 12.7.